The number of thioether (sulfide) groups is 1. The molecule has 3 aromatic rings. The average Bonchev–Trinajstić information content (AvgIpc) is 2.84. The first-order chi connectivity index (χ1) is 9.29. The van der Waals surface area contributed by atoms with E-state index in [0.29, 0.717) is 10.5 Å². The van der Waals surface area contributed by atoms with Crippen LogP contribution >= 0.6 is 23.1 Å². The van der Waals surface area contributed by atoms with Gasteiger partial charge in [-0.05, 0) is 11.3 Å². The molecule has 0 saturated carbocycles. The van der Waals surface area contributed by atoms with Crippen LogP contribution < -0.4 is 5.56 Å². The molecule has 1 N–H and O–H groups in total. The van der Waals surface area contributed by atoms with Crippen molar-refractivity contribution in [1.82, 2.24) is 9.97 Å². The quantitative estimate of drug-likeness (QED) is 0.589. The average molecular weight is 288 g/mol. The molecule has 0 fully saturated rings. The van der Waals surface area contributed by atoms with E-state index in [9.17, 15) is 4.79 Å². The molecule has 1 aromatic carbocycles. The second-order valence-corrected chi connectivity index (χ2v) is 6.11. The third-order valence-electron chi connectivity index (χ3n) is 2.79. The normalized spacial score (nSPS) is 11.0. The van der Waals surface area contributed by atoms with Crippen molar-refractivity contribution in [3.63, 3.8) is 0 Å². The molecule has 2 heterocycles. The molecule has 0 aliphatic carbocycles. The predicted molar refractivity (Wildman–Crippen MR) is 82.1 cm³/mol. The molecule has 0 aliphatic rings. The van der Waals surface area contributed by atoms with Crippen LogP contribution in [0, 0.1) is 0 Å². The molecular weight excluding hydrogens is 276 g/mol. The van der Waals surface area contributed by atoms with Crippen LogP contribution in [0.3, 0.4) is 0 Å². The summed E-state index contributed by atoms with van der Waals surface area (Å²) in [7, 11) is 0. The summed E-state index contributed by atoms with van der Waals surface area (Å²) in [6, 6.07) is 9.94. The molecule has 0 unspecified atom stereocenters. The van der Waals surface area contributed by atoms with Gasteiger partial charge >= 0.3 is 0 Å². The minimum Gasteiger partial charge on any atom is -0.301 e. The van der Waals surface area contributed by atoms with E-state index in [2.05, 4.69) is 9.97 Å². The van der Waals surface area contributed by atoms with E-state index in [1.165, 1.54) is 11.3 Å². The second kappa shape index (κ2) is 5.19. The van der Waals surface area contributed by atoms with Crippen LogP contribution in [-0.2, 0) is 0 Å². The van der Waals surface area contributed by atoms with Gasteiger partial charge in [0.1, 0.15) is 4.83 Å². The van der Waals surface area contributed by atoms with Crippen molar-refractivity contribution in [3.05, 3.63) is 46.1 Å². The molecule has 19 heavy (non-hydrogen) atoms. The van der Waals surface area contributed by atoms with Crippen LogP contribution in [0.15, 0.2) is 45.7 Å². The smallest absolute Gasteiger partial charge is 0.260 e. The highest BCUT2D eigenvalue weighted by molar-refractivity contribution is 7.99. The predicted octanol–water partition coefficient (Wildman–Crippen LogP) is 3.76. The second-order valence-electron chi connectivity index (χ2n) is 4.00. The van der Waals surface area contributed by atoms with E-state index in [1.54, 1.807) is 11.8 Å². The highest BCUT2D eigenvalue weighted by Gasteiger charge is 2.12. The SMILES string of the molecule is CCSc1nc2scc(-c3ccccc3)c2c(=O)[nH]1. The van der Waals surface area contributed by atoms with Gasteiger partial charge in [-0.1, -0.05) is 49.0 Å². The standard InChI is InChI=1S/C14H12N2OS2/c1-2-18-14-15-12(17)11-10(8-19-13(11)16-14)9-6-4-3-5-7-9/h3-8H,2H2,1H3,(H,15,16,17). The molecule has 0 atom stereocenters. The molecule has 0 spiro atoms. The van der Waals surface area contributed by atoms with E-state index in [1.807, 2.05) is 42.6 Å². The molecule has 2 aromatic heterocycles. The number of hydrogen-bond donors (Lipinski definition) is 1. The van der Waals surface area contributed by atoms with Gasteiger partial charge in [0.15, 0.2) is 5.16 Å². The number of rotatable bonds is 3. The fourth-order valence-electron chi connectivity index (χ4n) is 1.96. The van der Waals surface area contributed by atoms with Gasteiger partial charge in [-0.3, -0.25) is 4.79 Å². The number of aromatic amines is 1. The van der Waals surface area contributed by atoms with Crippen LogP contribution in [0.5, 0.6) is 0 Å². The number of nitrogens with zero attached hydrogens (tertiary/aromatic N) is 1. The minimum atomic E-state index is -0.0546. The number of thiophene rings is 1. The summed E-state index contributed by atoms with van der Waals surface area (Å²) in [5.41, 5.74) is 1.96. The lowest BCUT2D eigenvalue weighted by Crippen LogP contribution is -2.08. The Morgan fingerprint density at radius 1 is 1.32 bits per heavy atom. The van der Waals surface area contributed by atoms with E-state index in [-0.39, 0.29) is 5.56 Å². The van der Waals surface area contributed by atoms with Crippen molar-refractivity contribution in [2.24, 2.45) is 0 Å². The van der Waals surface area contributed by atoms with Crippen molar-refractivity contribution in [2.75, 3.05) is 5.75 Å². The van der Waals surface area contributed by atoms with Gasteiger partial charge in [0.05, 0.1) is 5.39 Å². The maximum absolute atomic E-state index is 12.2. The van der Waals surface area contributed by atoms with Crippen molar-refractivity contribution in [1.29, 1.82) is 0 Å². The summed E-state index contributed by atoms with van der Waals surface area (Å²) < 4.78 is 0. The Morgan fingerprint density at radius 2 is 2.11 bits per heavy atom. The lowest BCUT2D eigenvalue weighted by molar-refractivity contribution is 0.981. The monoisotopic (exact) mass is 288 g/mol. The van der Waals surface area contributed by atoms with Crippen LogP contribution in [-0.4, -0.2) is 15.7 Å². The van der Waals surface area contributed by atoms with E-state index >= 15 is 0 Å². The highest BCUT2D eigenvalue weighted by Crippen LogP contribution is 2.31. The Bertz CT molecular complexity index is 762. The van der Waals surface area contributed by atoms with Crippen molar-refractivity contribution in [3.8, 4) is 11.1 Å². The third-order valence-corrected chi connectivity index (χ3v) is 4.42. The fourth-order valence-corrected chi connectivity index (χ4v) is 3.56. The molecule has 0 radical (unpaired) electrons. The van der Waals surface area contributed by atoms with Gasteiger partial charge < -0.3 is 4.98 Å². The number of nitrogens with one attached hydrogen (secondary N) is 1. The lowest BCUT2D eigenvalue weighted by Gasteiger charge is -2.00. The van der Waals surface area contributed by atoms with Gasteiger partial charge in [-0.15, -0.1) is 11.3 Å². The minimum absolute atomic E-state index is 0.0546. The molecule has 0 saturated heterocycles. The molecule has 0 bridgehead atoms. The van der Waals surface area contributed by atoms with Crippen molar-refractivity contribution >= 4 is 33.3 Å². The molecule has 3 nitrogen and oxygen atoms in total. The van der Waals surface area contributed by atoms with Gasteiger partial charge in [0.2, 0.25) is 0 Å². The van der Waals surface area contributed by atoms with Gasteiger partial charge in [-0.2, -0.15) is 0 Å². The molecule has 5 heteroatoms. The number of H-pyrrole nitrogens is 1. The molecular formula is C14H12N2OS2. The Hall–Kier alpha value is -1.59. The first-order valence-electron chi connectivity index (χ1n) is 5.99. The third kappa shape index (κ3) is 2.31. The van der Waals surface area contributed by atoms with Gasteiger partial charge in [0.25, 0.3) is 5.56 Å². The van der Waals surface area contributed by atoms with E-state index in [4.69, 9.17) is 0 Å². The largest absolute Gasteiger partial charge is 0.301 e. The van der Waals surface area contributed by atoms with Crippen molar-refractivity contribution in [2.45, 2.75) is 12.1 Å². The molecule has 0 amide bonds. The summed E-state index contributed by atoms with van der Waals surface area (Å²) in [6.07, 6.45) is 0. The van der Waals surface area contributed by atoms with Crippen LogP contribution in [0.2, 0.25) is 0 Å². The Labute approximate surface area is 118 Å². The maximum Gasteiger partial charge on any atom is 0.260 e. The fraction of sp³-hybridized carbons (Fsp3) is 0.143. The van der Waals surface area contributed by atoms with Crippen molar-refractivity contribution < 1.29 is 0 Å². The summed E-state index contributed by atoms with van der Waals surface area (Å²) in [6.45, 7) is 2.04. The maximum atomic E-state index is 12.2. The summed E-state index contributed by atoms with van der Waals surface area (Å²) >= 11 is 3.07. The molecule has 3 rings (SSSR count). The summed E-state index contributed by atoms with van der Waals surface area (Å²) in [5, 5.41) is 3.39. The van der Waals surface area contributed by atoms with Crippen LogP contribution in [0.1, 0.15) is 6.92 Å². The summed E-state index contributed by atoms with van der Waals surface area (Å²) in [5.74, 6) is 0.894. The first kappa shape index (κ1) is 12.4. The Morgan fingerprint density at radius 3 is 2.84 bits per heavy atom. The van der Waals surface area contributed by atoms with Crippen LogP contribution in [0.4, 0.5) is 0 Å². The molecule has 96 valence electrons. The lowest BCUT2D eigenvalue weighted by atomic mass is 10.1. The zero-order valence-electron chi connectivity index (χ0n) is 10.3. The topological polar surface area (TPSA) is 45.8 Å². The Kier molecular flexibility index (Phi) is 3.40. The highest BCUT2D eigenvalue weighted by atomic mass is 32.2. The summed E-state index contributed by atoms with van der Waals surface area (Å²) in [4.78, 5) is 20.4. The zero-order valence-corrected chi connectivity index (χ0v) is 12.0. The van der Waals surface area contributed by atoms with Gasteiger partial charge in [-0.25, -0.2) is 4.98 Å². The van der Waals surface area contributed by atoms with Crippen LogP contribution in [0.25, 0.3) is 21.3 Å². The first-order valence-corrected chi connectivity index (χ1v) is 7.86. The number of fused-ring (bicyclic) bond motifs is 1. The van der Waals surface area contributed by atoms with Gasteiger partial charge in [0, 0.05) is 10.9 Å². The molecule has 0 aliphatic heterocycles. The number of hydrogen-bond acceptors (Lipinski definition) is 4. The number of aromatic nitrogens is 2. The Balaban J connectivity index is 2.22. The van der Waals surface area contributed by atoms with E-state index in [0.717, 1.165) is 21.7 Å². The number of benzene rings is 1. The van der Waals surface area contributed by atoms with E-state index < -0.39 is 0 Å². The zero-order chi connectivity index (χ0) is 13.2.